The molecule has 5 rings (SSSR count). The maximum absolute atomic E-state index is 11.7. The first kappa shape index (κ1) is 34.4. The van der Waals surface area contributed by atoms with E-state index in [-0.39, 0.29) is 16.5 Å². The molecule has 0 aliphatic carbocycles. The number of allylic oxidation sites excluding steroid dienone is 3. The molecule has 0 unspecified atom stereocenters. The van der Waals surface area contributed by atoms with Gasteiger partial charge in [-0.1, -0.05) is 55.4 Å². The number of carbonyl (C=O) groups excluding carboxylic acids is 1. The molecule has 0 fully saturated rings. The van der Waals surface area contributed by atoms with Crippen LogP contribution in [0.25, 0.3) is 51.4 Å². The van der Waals surface area contributed by atoms with Crippen LogP contribution in [0.5, 0.6) is 0 Å². The van der Waals surface area contributed by atoms with Crippen molar-refractivity contribution >= 4 is 57.7 Å². The first-order valence-electron chi connectivity index (χ1n) is 16.8. The van der Waals surface area contributed by atoms with Crippen molar-refractivity contribution in [1.29, 1.82) is 0 Å². The number of nitrogens with one attached hydrogen (secondary N) is 2. The predicted octanol–water partition coefficient (Wildman–Crippen LogP) is 9.80. The molecule has 0 radical (unpaired) electrons. The van der Waals surface area contributed by atoms with Crippen molar-refractivity contribution < 1.29 is 21.3 Å². The van der Waals surface area contributed by atoms with E-state index < -0.39 is 0 Å². The second kappa shape index (κ2) is 14.7. The molecule has 5 heterocycles. The maximum atomic E-state index is 11.7. The van der Waals surface area contributed by atoms with Crippen molar-refractivity contribution in [3.05, 3.63) is 73.9 Å². The van der Waals surface area contributed by atoms with Crippen molar-refractivity contribution in [2.24, 2.45) is 0 Å². The molecule has 3 aromatic heterocycles. The van der Waals surface area contributed by atoms with Crippen LogP contribution in [-0.4, -0.2) is 26.2 Å². The average Bonchev–Trinajstić information content (AvgIpc) is 3.81. The van der Waals surface area contributed by atoms with Crippen LogP contribution in [0.15, 0.2) is 12.1 Å². The third kappa shape index (κ3) is 5.83. The minimum Gasteiger partial charge on any atom is -0.354 e. The first-order valence-corrected chi connectivity index (χ1v) is 16.8. The summed E-state index contributed by atoms with van der Waals surface area (Å²) < 4.78 is 0. The van der Waals surface area contributed by atoms with E-state index in [1.54, 1.807) is 6.08 Å². The van der Waals surface area contributed by atoms with Crippen LogP contribution in [0.4, 0.5) is 0 Å². The topological polar surface area (TPSA) is 74.4 Å². The number of aryl methyl sites for hydroxylation is 6. The summed E-state index contributed by atoms with van der Waals surface area (Å²) in [4.78, 5) is 30.2. The van der Waals surface area contributed by atoms with Gasteiger partial charge in [-0.2, -0.15) is 0 Å². The zero-order valence-electron chi connectivity index (χ0n) is 28.2. The molecule has 0 aromatic carbocycles. The van der Waals surface area contributed by atoms with E-state index in [1.165, 1.54) is 55.6 Å². The molecular formula is C39H48N4NiO. The Labute approximate surface area is 278 Å². The van der Waals surface area contributed by atoms with Gasteiger partial charge in [0.1, 0.15) is 6.29 Å². The molecule has 8 bridgehead atoms. The van der Waals surface area contributed by atoms with E-state index in [0.717, 1.165) is 97.0 Å². The Kier molecular flexibility index (Phi) is 11.3. The molecular weight excluding hydrogens is 599 g/mol. The summed E-state index contributed by atoms with van der Waals surface area (Å²) in [5, 5.41) is 0. The van der Waals surface area contributed by atoms with E-state index in [1.807, 2.05) is 6.08 Å². The van der Waals surface area contributed by atoms with Crippen molar-refractivity contribution in [2.45, 2.75) is 107 Å². The van der Waals surface area contributed by atoms with Gasteiger partial charge in [0.15, 0.2) is 0 Å². The Morgan fingerprint density at radius 1 is 0.600 bits per heavy atom. The van der Waals surface area contributed by atoms with E-state index in [4.69, 9.17) is 9.97 Å². The third-order valence-electron chi connectivity index (χ3n) is 9.47. The third-order valence-corrected chi connectivity index (χ3v) is 9.47. The normalized spacial score (nSPS) is 12.8. The SMILES string of the molecule is CCC1=C(CC)c2nc1c(/C=C/C=O)c1[nH]c(cc3nc(c(CC)c4[nH]c(c2CC)c(CC)c4CC)C=C3)c(CC)c1CC.[Ni]. The van der Waals surface area contributed by atoms with E-state index >= 15 is 0 Å². The molecule has 0 spiro atoms. The van der Waals surface area contributed by atoms with E-state index in [9.17, 15) is 4.79 Å². The molecule has 3 aromatic rings. The second-order valence-electron chi connectivity index (χ2n) is 11.6. The number of aromatic amines is 2. The van der Waals surface area contributed by atoms with E-state index in [2.05, 4.69) is 83.6 Å². The first-order chi connectivity index (χ1) is 21.4. The number of rotatable bonds is 10. The predicted molar refractivity (Wildman–Crippen MR) is 189 cm³/mol. The van der Waals surface area contributed by atoms with Crippen LogP contribution in [-0.2, 0) is 59.8 Å². The Balaban J connectivity index is 0.00000461. The molecule has 45 heavy (non-hydrogen) atoms. The molecule has 2 aliphatic rings. The number of aldehydes is 1. The quantitative estimate of drug-likeness (QED) is 0.102. The maximum Gasteiger partial charge on any atom is 0.142 e. The minimum absolute atomic E-state index is 0. The van der Waals surface area contributed by atoms with Crippen molar-refractivity contribution in [3.63, 3.8) is 0 Å². The molecule has 0 saturated heterocycles. The van der Waals surface area contributed by atoms with Gasteiger partial charge in [-0.05, 0) is 115 Å². The van der Waals surface area contributed by atoms with Gasteiger partial charge in [-0.3, -0.25) is 4.79 Å². The number of fused-ring (bicyclic) bond motifs is 8. The Morgan fingerprint density at radius 3 is 1.71 bits per heavy atom. The van der Waals surface area contributed by atoms with Crippen LogP contribution in [0.3, 0.4) is 0 Å². The average molecular weight is 648 g/mol. The fourth-order valence-electron chi connectivity index (χ4n) is 7.52. The van der Waals surface area contributed by atoms with Crippen LogP contribution in [0.2, 0.25) is 0 Å². The number of hydrogen-bond donors (Lipinski definition) is 2. The molecule has 0 amide bonds. The summed E-state index contributed by atoms with van der Waals surface area (Å²) in [5.74, 6) is 0. The molecule has 2 N–H and O–H groups in total. The number of nitrogens with zero attached hydrogens (tertiary/aromatic N) is 2. The van der Waals surface area contributed by atoms with Gasteiger partial charge in [-0.25, -0.2) is 9.97 Å². The van der Waals surface area contributed by atoms with Crippen LogP contribution in [0.1, 0.15) is 130 Å². The molecule has 0 saturated carbocycles. The summed E-state index contributed by atoms with van der Waals surface area (Å²) in [7, 11) is 0. The fraction of sp³-hybridized carbons (Fsp3) is 0.410. The van der Waals surface area contributed by atoms with Crippen molar-refractivity contribution in [2.75, 3.05) is 0 Å². The van der Waals surface area contributed by atoms with Gasteiger partial charge in [0, 0.05) is 49.7 Å². The van der Waals surface area contributed by atoms with Crippen molar-refractivity contribution in [1.82, 2.24) is 19.9 Å². The summed E-state index contributed by atoms with van der Waals surface area (Å²) in [6.07, 6.45) is 15.9. The zero-order valence-corrected chi connectivity index (χ0v) is 29.2. The molecule has 6 heteroatoms. The Morgan fingerprint density at radius 2 is 1.16 bits per heavy atom. The van der Waals surface area contributed by atoms with Gasteiger partial charge in [0.05, 0.1) is 28.3 Å². The monoisotopic (exact) mass is 646 g/mol. The van der Waals surface area contributed by atoms with Gasteiger partial charge in [0.25, 0.3) is 0 Å². The van der Waals surface area contributed by atoms with Crippen LogP contribution >= 0.6 is 0 Å². The van der Waals surface area contributed by atoms with Crippen molar-refractivity contribution in [3.8, 4) is 0 Å². The van der Waals surface area contributed by atoms with Gasteiger partial charge < -0.3 is 9.97 Å². The molecule has 240 valence electrons. The van der Waals surface area contributed by atoms with Crippen LogP contribution in [0, 0.1) is 0 Å². The summed E-state index contributed by atoms with van der Waals surface area (Å²) in [6.45, 7) is 17.9. The zero-order chi connectivity index (χ0) is 31.5. The van der Waals surface area contributed by atoms with Crippen LogP contribution < -0.4 is 0 Å². The fourth-order valence-corrected chi connectivity index (χ4v) is 7.52. The summed E-state index contributed by atoms with van der Waals surface area (Å²) in [6, 6.07) is 2.19. The largest absolute Gasteiger partial charge is 0.354 e. The van der Waals surface area contributed by atoms with Gasteiger partial charge in [-0.15, -0.1) is 0 Å². The molecule has 0 atom stereocenters. The smallest absolute Gasteiger partial charge is 0.142 e. The number of carbonyl (C=O) groups is 1. The summed E-state index contributed by atoms with van der Waals surface area (Å²) in [5.41, 5.74) is 20.1. The summed E-state index contributed by atoms with van der Waals surface area (Å²) >= 11 is 0. The second-order valence-corrected chi connectivity index (χ2v) is 11.6. The minimum atomic E-state index is 0. The Hall–Kier alpha value is -3.50. The van der Waals surface area contributed by atoms with Gasteiger partial charge in [0.2, 0.25) is 0 Å². The van der Waals surface area contributed by atoms with Gasteiger partial charge >= 0.3 is 0 Å². The molecule has 2 aliphatic heterocycles. The number of H-pyrrole nitrogens is 2. The Bertz CT molecular complexity index is 1870. The number of aromatic nitrogens is 4. The van der Waals surface area contributed by atoms with E-state index in [0.29, 0.717) is 0 Å². The number of hydrogen-bond acceptors (Lipinski definition) is 3. The molecule has 5 nitrogen and oxygen atoms in total. The standard InChI is InChI=1S/C39H48N4O.Ni/c1-9-24-25(10-2)38-32(18-17-21-44)39-29(14-6)28(13-5)37(43-39)31(16-8)36-27(12-4)26(11-3)35(42-36)30(15-7)33-20-19-23(40-33)22-34(24)41-38;/h17-22,41-42H,9-16H2,1-8H3;/b18-17+,23-22?,33-30?,34-22?,35-30?,36-31?,37-31?,38-32?,39-32?;.